The van der Waals surface area contributed by atoms with Crippen LogP contribution >= 0.6 is 0 Å². The third-order valence-electron chi connectivity index (χ3n) is 6.12. The Morgan fingerprint density at radius 3 is 2.30 bits per heavy atom. The lowest BCUT2D eigenvalue weighted by Gasteiger charge is -2.27. The maximum absolute atomic E-state index is 13.0. The predicted octanol–water partition coefficient (Wildman–Crippen LogP) is 2.99. The van der Waals surface area contributed by atoms with Gasteiger partial charge in [-0.05, 0) is 69.3 Å². The van der Waals surface area contributed by atoms with E-state index in [-0.39, 0.29) is 29.6 Å². The van der Waals surface area contributed by atoms with Crippen molar-refractivity contribution >= 4 is 23.3 Å². The molecular formula is C26H34N4O3. The average Bonchev–Trinajstić information content (AvgIpc) is 2.84. The minimum atomic E-state index is -0.646. The van der Waals surface area contributed by atoms with Gasteiger partial charge in [0.05, 0.1) is 0 Å². The van der Waals surface area contributed by atoms with Crippen LogP contribution in [-0.2, 0) is 9.59 Å². The van der Waals surface area contributed by atoms with Crippen LogP contribution in [0, 0.1) is 5.92 Å². The SMILES string of the molecule is NCCCC[C@H](NC(=O)C1CCCC(N)C1)C(=O)Nc1ccc(C(=O)c2ccccc2)cc1. The molecule has 0 spiro atoms. The molecule has 2 unspecified atom stereocenters. The van der Waals surface area contributed by atoms with Crippen molar-refractivity contribution in [3.05, 3.63) is 65.7 Å². The molecule has 0 aliphatic heterocycles. The van der Waals surface area contributed by atoms with E-state index in [1.54, 1.807) is 36.4 Å². The van der Waals surface area contributed by atoms with Gasteiger partial charge in [0.25, 0.3) is 0 Å². The third kappa shape index (κ3) is 7.23. The Morgan fingerprint density at radius 2 is 1.64 bits per heavy atom. The number of anilines is 1. The summed E-state index contributed by atoms with van der Waals surface area (Å²) in [6, 6.07) is 15.2. The molecule has 3 atom stereocenters. The van der Waals surface area contributed by atoms with Crippen LogP contribution in [0.4, 0.5) is 5.69 Å². The standard InChI is InChI=1S/C26H34N4O3/c27-16-5-4-11-23(30-25(32)20-9-6-10-21(28)17-20)26(33)29-22-14-12-19(13-15-22)24(31)18-7-2-1-3-8-18/h1-3,7-8,12-15,20-21,23H,4-6,9-11,16-17,27-28H2,(H,29,33)(H,30,32)/t20?,21?,23-/m0/s1. The smallest absolute Gasteiger partial charge is 0.246 e. The van der Waals surface area contributed by atoms with Gasteiger partial charge in [0.1, 0.15) is 6.04 Å². The number of nitrogens with two attached hydrogens (primary N) is 2. The van der Waals surface area contributed by atoms with Crippen molar-refractivity contribution in [3.63, 3.8) is 0 Å². The number of unbranched alkanes of at least 4 members (excludes halogenated alkanes) is 1. The molecule has 3 rings (SSSR count). The number of carbonyl (C=O) groups excluding carboxylic acids is 3. The highest BCUT2D eigenvalue weighted by Gasteiger charge is 2.29. The summed E-state index contributed by atoms with van der Waals surface area (Å²) in [6.07, 6.45) is 5.35. The fourth-order valence-corrected chi connectivity index (χ4v) is 4.21. The van der Waals surface area contributed by atoms with Crippen LogP contribution in [0.1, 0.15) is 60.9 Å². The molecule has 33 heavy (non-hydrogen) atoms. The van der Waals surface area contributed by atoms with Gasteiger partial charge in [-0.1, -0.05) is 36.8 Å². The van der Waals surface area contributed by atoms with Gasteiger partial charge >= 0.3 is 0 Å². The number of nitrogens with one attached hydrogen (secondary N) is 2. The number of rotatable bonds is 10. The van der Waals surface area contributed by atoms with Crippen LogP contribution in [0.2, 0.25) is 0 Å². The molecule has 7 heteroatoms. The molecule has 0 heterocycles. The van der Waals surface area contributed by atoms with E-state index >= 15 is 0 Å². The second-order valence-electron chi connectivity index (χ2n) is 8.73. The molecule has 7 nitrogen and oxygen atoms in total. The molecular weight excluding hydrogens is 416 g/mol. The number of carbonyl (C=O) groups is 3. The monoisotopic (exact) mass is 450 g/mol. The van der Waals surface area contributed by atoms with Gasteiger partial charge in [-0.15, -0.1) is 0 Å². The van der Waals surface area contributed by atoms with Crippen molar-refractivity contribution < 1.29 is 14.4 Å². The fraction of sp³-hybridized carbons (Fsp3) is 0.423. The molecule has 6 N–H and O–H groups in total. The summed E-state index contributed by atoms with van der Waals surface area (Å²) < 4.78 is 0. The molecule has 1 fully saturated rings. The largest absolute Gasteiger partial charge is 0.344 e. The fourth-order valence-electron chi connectivity index (χ4n) is 4.21. The molecule has 0 radical (unpaired) electrons. The van der Waals surface area contributed by atoms with Crippen LogP contribution in [0.25, 0.3) is 0 Å². The van der Waals surface area contributed by atoms with Crippen molar-refractivity contribution in [1.29, 1.82) is 0 Å². The van der Waals surface area contributed by atoms with E-state index in [1.165, 1.54) is 0 Å². The minimum absolute atomic E-state index is 0.0381. The Labute approximate surface area is 195 Å². The maximum Gasteiger partial charge on any atom is 0.246 e. The van der Waals surface area contributed by atoms with E-state index in [0.717, 1.165) is 32.1 Å². The number of ketones is 1. The minimum Gasteiger partial charge on any atom is -0.344 e. The zero-order valence-corrected chi connectivity index (χ0v) is 19.0. The van der Waals surface area contributed by atoms with Crippen LogP contribution < -0.4 is 22.1 Å². The Bertz CT molecular complexity index is 930. The lowest BCUT2D eigenvalue weighted by atomic mass is 9.85. The molecule has 2 aromatic carbocycles. The summed E-state index contributed by atoms with van der Waals surface area (Å²) in [5.74, 6) is -0.614. The highest BCUT2D eigenvalue weighted by Crippen LogP contribution is 2.23. The first-order valence-corrected chi connectivity index (χ1v) is 11.7. The van der Waals surface area contributed by atoms with Crippen molar-refractivity contribution in [2.45, 2.75) is 57.0 Å². The van der Waals surface area contributed by atoms with Gasteiger partial charge in [-0.3, -0.25) is 14.4 Å². The van der Waals surface area contributed by atoms with Gasteiger partial charge in [0.2, 0.25) is 11.8 Å². The van der Waals surface area contributed by atoms with Crippen molar-refractivity contribution in [2.75, 3.05) is 11.9 Å². The second-order valence-corrected chi connectivity index (χ2v) is 8.73. The van der Waals surface area contributed by atoms with Crippen LogP contribution in [0.5, 0.6) is 0 Å². The average molecular weight is 451 g/mol. The van der Waals surface area contributed by atoms with Crippen molar-refractivity contribution in [2.24, 2.45) is 17.4 Å². The van der Waals surface area contributed by atoms with E-state index in [9.17, 15) is 14.4 Å². The Balaban J connectivity index is 1.63. The van der Waals surface area contributed by atoms with E-state index < -0.39 is 6.04 Å². The van der Waals surface area contributed by atoms with Gasteiger partial charge in [0.15, 0.2) is 5.78 Å². The highest BCUT2D eigenvalue weighted by atomic mass is 16.2. The zero-order valence-electron chi connectivity index (χ0n) is 19.0. The van der Waals surface area contributed by atoms with Crippen molar-refractivity contribution in [3.8, 4) is 0 Å². The Morgan fingerprint density at radius 1 is 0.939 bits per heavy atom. The molecule has 2 aromatic rings. The molecule has 176 valence electrons. The van der Waals surface area contributed by atoms with Crippen LogP contribution in [-0.4, -0.2) is 36.2 Å². The van der Waals surface area contributed by atoms with E-state index in [0.29, 0.717) is 36.2 Å². The first-order valence-electron chi connectivity index (χ1n) is 11.7. The summed E-state index contributed by atoms with van der Waals surface area (Å²) in [4.78, 5) is 38.3. The van der Waals surface area contributed by atoms with E-state index in [4.69, 9.17) is 11.5 Å². The van der Waals surface area contributed by atoms with Gasteiger partial charge in [-0.25, -0.2) is 0 Å². The maximum atomic E-state index is 13.0. The summed E-state index contributed by atoms with van der Waals surface area (Å²) in [5.41, 5.74) is 13.4. The van der Waals surface area contributed by atoms with Crippen LogP contribution in [0.15, 0.2) is 54.6 Å². The first kappa shape index (κ1) is 24.6. The number of benzene rings is 2. The molecule has 1 aliphatic carbocycles. The predicted molar refractivity (Wildman–Crippen MR) is 130 cm³/mol. The topological polar surface area (TPSA) is 127 Å². The lowest BCUT2D eigenvalue weighted by Crippen LogP contribution is -2.47. The number of hydrogen-bond acceptors (Lipinski definition) is 5. The third-order valence-corrected chi connectivity index (χ3v) is 6.12. The summed E-state index contributed by atoms with van der Waals surface area (Å²) in [6.45, 7) is 0.538. The Kier molecular flexibility index (Phi) is 9.15. The van der Waals surface area contributed by atoms with Gasteiger partial charge in [-0.2, -0.15) is 0 Å². The quantitative estimate of drug-likeness (QED) is 0.327. The van der Waals surface area contributed by atoms with Crippen LogP contribution in [0.3, 0.4) is 0 Å². The number of hydrogen-bond donors (Lipinski definition) is 4. The lowest BCUT2D eigenvalue weighted by molar-refractivity contribution is -0.130. The summed E-state index contributed by atoms with van der Waals surface area (Å²) in [7, 11) is 0. The normalized spacial score (nSPS) is 18.8. The summed E-state index contributed by atoms with van der Waals surface area (Å²) in [5, 5.41) is 5.81. The molecule has 0 aromatic heterocycles. The Hall–Kier alpha value is -3.03. The van der Waals surface area contributed by atoms with E-state index in [2.05, 4.69) is 10.6 Å². The molecule has 0 bridgehead atoms. The van der Waals surface area contributed by atoms with Gasteiger partial charge < -0.3 is 22.1 Å². The molecule has 2 amide bonds. The van der Waals surface area contributed by atoms with E-state index in [1.807, 2.05) is 18.2 Å². The number of amides is 2. The van der Waals surface area contributed by atoms with Crippen molar-refractivity contribution in [1.82, 2.24) is 5.32 Å². The zero-order chi connectivity index (χ0) is 23.6. The molecule has 1 saturated carbocycles. The molecule has 0 saturated heterocycles. The molecule has 1 aliphatic rings. The second kappa shape index (κ2) is 12.3. The summed E-state index contributed by atoms with van der Waals surface area (Å²) >= 11 is 0. The highest BCUT2D eigenvalue weighted by molar-refractivity contribution is 6.09. The first-order chi connectivity index (χ1) is 16.0. The van der Waals surface area contributed by atoms with Gasteiger partial charge in [0, 0.05) is 28.8 Å².